The van der Waals surface area contributed by atoms with E-state index < -0.39 is 14.6 Å². The van der Waals surface area contributed by atoms with Crippen molar-refractivity contribution in [2.24, 2.45) is 4.99 Å². The van der Waals surface area contributed by atoms with Gasteiger partial charge in [-0.05, 0) is 33.6 Å². The molecule has 2 N–H and O–H groups in total. The van der Waals surface area contributed by atoms with Crippen molar-refractivity contribution < 1.29 is 13.2 Å². The minimum Gasteiger partial charge on any atom is -0.379 e. The summed E-state index contributed by atoms with van der Waals surface area (Å²) in [7, 11) is -3.16. The molecule has 1 aliphatic heterocycles. The van der Waals surface area contributed by atoms with Crippen LogP contribution in [-0.2, 0) is 14.6 Å². The summed E-state index contributed by atoms with van der Waals surface area (Å²) in [6, 6.07) is 0. The number of sulfone groups is 1. The summed E-state index contributed by atoms with van der Waals surface area (Å²) < 4.78 is 28.6. The van der Waals surface area contributed by atoms with Crippen molar-refractivity contribution in [3.8, 4) is 0 Å². The number of hydrogen-bond acceptors (Lipinski definition) is 5. The third kappa shape index (κ3) is 6.98. The Bertz CT molecular complexity index is 598. The van der Waals surface area contributed by atoms with Crippen LogP contribution in [0.25, 0.3) is 0 Å². The maximum Gasteiger partial charge on any atom is 0.191 e. The lowest BCUT2D eigenvalue weighted by atomic mass is 9.80. The van der Waals surface area contributed by atoms with Crippen LogP contribution < -0.4 is 10.6 Å². The van der Waals surface area contributed by atoms with Crippen molar-refractivity contribution in [3.63, 3.8) is 0 Å². The Morgan fingerprint density at radius 2 is 1.75 bits per heavy atom. The molecule has 0 radical (unpaired) electrons. The summed E-state index contributed by atoms with van der Waals surface area (Å²) in [6.45, 7) is 10.9. The first-order chi connectivity index (χ1) is 12.7. The van der Waals surface area contributed by atoms with Crippen LogP contribution in [0.3, 0.4) is 0 Å². The second kappa shape index (κ2) is 11.3. The van der Waals surface area contributed by atoms with E-state index in [1.807, 2.05) is 6.92 Å². The number of aliphatic imine (C=N–C) groups is 1. The van der Waals surface area contributed by atoms with E-state index in [4.69, 9.17) is 4.74 Å². The molecule has 7 nitrogen and oxygen atoms in total. The second-order valence-electron chi connectivity index (χ2n) is 8.46. The third-order valence-corrected chi connectivity index (χ3v) is 8.15. The third-order valence-electron chi connectivity index (χ3n) is 6.02. The summed E-state index contributed by atoms with van der Waals surface area (Å²) in [5, 5.41) is 6.78. The van der Waals surface area contributed by atoms with Crippen LogP contribution >= 0.6 is 24.0 Å². The van der Waals surface area contributed by atoms with Gasteiger partial charge in [0, 0.05) is 38.0 Å². The Hall–Kier alpha value is -0.130. The van der Waals surface area contributed by atoms with Crippen molar-refractivity contribution in [2.75, 3.05) is 52.2 Å². The highest BCUT2D eigenvalue weighted by Crippen LogP contribution is 2.33. The van der Waals surface area contributed by atoms with Gasteiger partial charge >= 0.3 is 0 Å². The molecule has 2 rings (SSSR count). The largest absolute Gasteiger partial charge is 0.379 e. The lowest BCUT2D eigenvalue weighted by Gasteiger charge is -2.48. The fourth-order valence-corrected chi connectivity index (χ4v) is 4.13. The highest BCUT2D eigenvalue weighted by Gasteiger charge is 2.38. The van der Waals surface area contributed by atoms with Crippen LogP contribution in [0.15, 0.2) is 4.99 Å². The van der Waals surface area contributed by atoms with E-state index >= 15 is 0 Å². The molecular formula is C19H39IN4O3S. The monoisotopic (exact) mass is 530 g/mol. The molecule has 1 saturated carbocycles. The Labute approximate surface area is 188 Å². The van der Waals surface area contributed by atoms with Gasteiger partial charge in [-0.2, -0.15) is 0 Å². The van der Waals surface area contributed by atoms with Gasteiger partial charge in [0.25, 0.3) is 0 Å². The molecule has 0 atom stereocenters. The summed E-state index contributed by atoms with van der Waals surface area (Å²) in [5.74, 6) is 0.701. The van der Waals surface area contributed by atoms with Gasteiger partial charge < -0.3 is 15.4 Å². The molecule has 166 valence electrons. The summed E-state index contributed by atoms with van der Waals surface area (Å²) in [6.07, 6.45) is 7.48. The number of morpholine rings is 1. The molecule has 0 spiro atoms. The van der Waals surface area contributed by atoms with Crippen LogP contribution in [0.4, 0.5) is 0 Å². The lowest BCUT2D eigenvalue weighted by molar-refractivity contribution is -0.0352. The Morgan fingerprint density at radius 1 is 1.14 bits per heavy atom. The number of rotatable bonds is 7. The van der Waals surface area contributed by atoms with Crippen molar-refractivity contribution in [1.82, 2.24) is 15.5 Å². The number of ether oxygens (including phenoxy) is 1. The highest BCUT2D eigenvalue weighted by atomic mass is 127. The topological polar surface area (TPSA) is 83.0 Å². The van der Waals surface area contributed by atoms with Gasteiger partial charge in [0.05, 0.1) is 24.5 Å². The van der Waals surface area contributed by atoms with Crippen molar-refractivity contribution >= 4 is 39.8 Å². The number of guanidine groups is 1. The van der Waals surface area contributed by atoms with Crippen LogP contribution in [0, 0.1) is 0 Å². The molecule has 2 aliphatic rings. The average Bonchev–Trinajstić information content (AvgIpc) is 2.64. The zero-order chi connectivity index (χ0) is 20.0. The van der Waals surface area contributed by atoms with E-state index in [0.29, 0.717) is 5.96 Å². The first-order valence-electron chi connectivity index (χ1n) is 10.2. The zero-order valence-corrected chi connectivity index (χ0v) is 21.1. The van der Waals surface area contributed by atoms with Crippen molar-refractivity contribution in [3.05, 3.63) is 0 Å². The molecule has 1 saturated heterocycles. The Kier molecular flexibility index (Phi) is 10.5. The molecule has 1 heterocycles. The predicted octanol–water partition coefficient (Wildman–Crippen LogP) is 2.02. The predicted molar refractivity (Wildman–Crippen MR) is 127 cm³/mol. The summed E-state index contributed by atoms with van der Waals surface area (Å²) in [5.41, 5.74) is 0.143. The summed E-state index contributed by atoms with van der Waals surface area (Å²) in [4.78, 5) is 7.17. The SMILES string of the molecule is CCNC(=NCC(C)(C)S(C)(=O)=O)NCC1(N2CCOCC2)CCCCC1.I. The van der Waals surface area contributed by atoms with Crippen molar-refractivity contribution in [2.45, 2.75) is 63.2 Å². The fraction of sp³-hybridized carbons (Fsp3) is 0.947. The van der Waals surface area contributed by atoms with Gasteiger partial charge in [-0.15, -0.1) is 24.0 Å². The normalized spacial score (nSPS) is 21.6. The van der Waals surface area contributed by atoms with E-state index in [0.717, 1.165) is 39.4 Å². The molecule has 0 unspecified atom stereocenters. The number of nitrogens with zero attached hydrogens (tertiary/aromatic N) is 2. The average molecular weight is 531 g/mol. The molecule has 28 heavy (non-hydrogen) atoms. The van der Waals surface area contributed by atoms with Gasteiger partial charge in [-0.25, -0.2) is 8.42 Å². The Morgan fingerprint density at radius 3 is 2.29 bits per heavy atom. The van der Waals surface area contributed by atoms with Crippen LogP contribution in [0.1, 0.15) is 52.9 Å². The van der Waals surface area contributed by atoms with Gasteiger partial charge in [-0.3, -0.25) is 9.89 Å². The van der Waals surface area contributed by atoms with E-state index in [1.54, 1.807) is 13.8 Å². The standard InChI is InChI=1S/C19H38N4O3S.HI/c1-5-20-17(21-15-18(2,3)27(4,24)25)22-16-19(9-7-6-8-10-19)23-11-13-26-14-12-23;/h5-16H2,1-4H3,(H2,20,21,22);1H. The van der Waals surface area contributed by atoms with Gasteiger partial charge in [0.2, 0.25) is 0 Å². The zero-order valence-electron chi connectivity index (χ0n) is 17.9. The Balaban J connectivity index is 0.00000392. The number of hydrogen-bond donors (Lipinski definition) is 2. The van der Waals surface area contributed by atoms with E-state index in [2.05, 4.69) is 20.5 Å². The lowest BCUT2D eigenvalue weighted by Crippen LogP contribution is -2.60. The first kappa shape index (κ1) is 25.9. The van der Waals surface area contributed by atoms with Crippen LogP contribution in [-0.4, -0.2) is 81.8 Å². The molecule has 0 aromatic rings. The molecule has 0 aromatic carbocycles. The smallest absolute Gasteiger partial charge is 0.191 e. The quantitative estimate of drug-likeness (QED) is 0.298. The molecular weight excluding hydrogens is 491 g/mol. The summed E-state index contributed by atoms with van der Waals surface area (Å²) >= 11 is 0. The molecule has 1 aliphatic carbocycles. The van der Waals surface area contributed by atoms with Crippen LogP contribution in [0.5, 0.6) is 0 Å². The minimum absolute atomic E-state index is 0. The number of nitrogens with one attached hydrogen (secondary N) is 2. The van der Waals surface area contributed by atoms with Gasteiger partial charge in [-0.1, -0.05) is 19.3 Å². The van der Waals surface area contributed by atoms with E-state index in [-0.39, 0.29) is 36.1 Å². The van der Waals surface area contributed by atoms with Gasteiger partial charge in [0.1, 0.15) is 0 Å². The molecule has 0 aromatic heterocycles. The molecule has 9 heteroatoms. The fourth-order valence-electron chi connectivity index (χ4n) is 3.83. The van der Waals surface area contributed by atoms with E-state index in [9.17, 15) is 8.42 Å². The highest BCUT2D eigenvalue weighted by molar-refractivity contribution is 14.0. The van der Waals surface area contributed by atoms with Crippen LogP contribution in [0.2, 0.25) is 0 Å². The van der Waals surface area contributed by atoms with Crippen molar-refractivity contribution in [1.29, 1.82) is 0 Å². The maximum absolute atomic E-state index is 12.0. The maximum atomic E-state index is 12.0. The first-order valence-corrected chi connectivity index (χ1v) is 12.1. The molecule has 0 bridgehead atoms. The molecule has 0 amide bonds. The van der Waals surface area contributed by atoms with E-state index in [1.165, 1.54) is 38.4 Å². The molecule has 2 fully saturated rings. The number of halogens is 1. The second-order valence-corrected chi connectivity index (χ2v) is 11.1. The minimum atomic E-state index is -3.16. The van der Waals surface area contributed by atoms with Gasteiger partial charge in [0.15, 0.2) is 15.8 Å².